The zero-order chi connectivity index (χ0) is 16.9. The molecule has 0 unspecified atom stereocenters. The molecule has 0 saturated heterocycles. The molecular weight excluding hydrogens is 314 g/mol. The number of ketones is 1. The van der Waals surface area contributed by atoms with E-state index in [-0.39, 0.29) is 23.1 Å². The Labute approximate surface area is 136 Å². The van der Waals surface area contributed by atoms with Gasteiger partial charge in [0.2, 0.25) is 5.82 Å². The number of para-hydroxylation sites is 2. The molecule has 2 heterocycles. The molecule has 0 radical (unpaired) electrons. The summed E-state index contributed by atoms with van der Waals surface area (Å²) in [6, 6.07) is 8.38. The molecule has 2 N–H and O–H groups in total. The summed E-state index contributed by atoms with van der Waals surface area (Å²) in [5.41, 5.74) is 0.142. The summed E-state index contributed by atoms with van der Waals surface area (Å²) in [6.07, 6.45) is 3.59. The summed E-state index contributed by atoms with van der Waals surface area (Å²) in [7, 11) is 1.51. The Morgan fingerprint density at radius 2 is 2.08 bits per heavy atom. The number of aliphatic hydroxyl groups is 1. The normalized spacial score (nSPS) is 11.3. The van der Waals surface area contributed by atoms with Crippen LogP contribution in [0.3, 0.4) is 0 Å². The minimum atomic E-state index is -0.518. The number of H-pyrrole nitrogens is 1. The average molecular weight is 327 g/mol. The van der Waals surface area contributed by atoms with Crippen LogP contribution in [0.1, 0.15) is 16.2 Å². The van der Waals surface area contributed by atoms with E-state index in [2.05, 4.69) is 15.2 Å². The number of hydrogen-bond acceptors (Lipinski definition) is 7. The average Bonchev–Trinajstić information content (AvgIpc) is 3.27. The van der Waals surface area contributed by atoms with Crippen LogP contribution in [0.15, 0.2) is 53.4 Å². The first kappa shape index (κ1) is 15.3. The third-order valence-corrected chi connectivity index (χ3v) is 3.08. The molecule has 0 atom stereocenters. The lowest BCUT2D eigenvalue weighted by atomic mass is 10.2. The molecule has 0 aliphatic heterocycles. The second kappa shape index (κ2) is 6.69. The molecule has 8 heteroatoms. The predicted octanol–water partition coefficient (Wildman–Crippen LogP) is 2.98. The lowest BCUT2D eigenvalue weighted by Gasteiger charge is -2.08. The number of aliphatic hydroxyl groups excluding tert-OH is 1. The molecule has 0 bridgehead atoms. The van der Waals surface area contributed by atoms with Crippen molar-refractivity contribution in [2.24, 2.45) is 0 Å². The SMILES string of the molecule is COc1ccccc1Oc1occc1C(=O)C=C(O)c1nc[nH]n1. The van der Waals surface area contributed by atoms with E-state index in [9.17, 15) is 9.90 Å². The summed E-state index contributed by atoms with van der Waals surface area (Å²) in [5, 5.41) is 16.0. The monoisotopic (exact) mass is 327 g/mol. The van der Waals surface area contributed by atoms with Crippen molar-refractivity contribution in [3.05, 3.63) is 60.4 Å². The smallest absolute Gasteiger partial charge is 0.301 e. The predicted molar refractivity (Wildman–Crippen MR) is 83.1 cm³/mol. The Morgan fingerprint density at radius 3 is 2.79 bits per heavy atom. The summed E-state index contributed by atoms with van der Waals surface area (Å²) in [4.78, 5) is 16.1. The van der Waals surface area contributed by atoms with E-state index in [4.69, 9.17) is 13.9 Å². The summed E-state index contributed by atoms with van der Waals surface area (Å²) in [6.45, 7) is 0. The van der Waals surface area contributed by atoms with Gasteiger partial charge in [0.25, 0.3) is 0 Å². The minimum Gasteiger partial charge on any atom is -0.504 e. The lowest BCUT2D eigenvalue weighted by molar-refractivity contribution is 0.104. The van der Waals surface area contributed by atoms with Gasteiger partial charge in [-0.25, -0.2) is 4.98 Å². The molecule has 1 aromatic carbocycles. The van der Waals surface area contributed by atoms with Gasteiger partial charge in [-0.1, -0.05) is 12.1 Å². The fraction of sp³-hybridized carbons (Fsp3) is 0.0625. The van der Waals surface area contributed by atoms with Gasteiger partial charge in [-0.15, -0.1) is 0 Å². The first-order chi connectivity index (χ1) is 11.7. The Morgan fingerprint density at radius 1 is 1.29 bits per heavy atom. The van der Waals surface area contributed by atoms with Gasteiger partial charge < -0.3 is 19.0 Å². The number of furan rings is 1. The van der Waals surface area contributed by atoms with Crippen molar-refractivity contribution in [3.8, 4) is 17.4 Å². The second-order valence-corrected chi connectivity index (χ2v) is 4.59. The molecule has 0 saturated carbocycles. The van der Waals surface area contributed by atoms with E-state index in [0.29, 0.717) is 11.5 Å². The van der Waals surface area contributed by atoms with Crippen LogP contribution in [0.5, 0.6) is 17.4 Å². The van der Waals surface area contributed by atoms with Crippen molar-refractivity contribution in [2.75, 3.05) is 7.11 Å². The first-order valence-corrected chi connectivity index (χ1v) is 6.88. The summed E-state index contributed by atoms with van der Waals surface area (Å²) in [5.74, 6) is 0.00167. The van der Waals surface area contributed by atoms with Gasteiger partial charge >= 0.3 is 5.95 Å². The Kier molecular flexibility index (Phi) is 4.28. The summed E-state index contributed by atoms with van der Waals surface area (Å²) >= 11 is 0. The fourth-order valence-electron chi connectivity index (χ4n) is 1.96. The van der Waals surface area contributed by atoms with Crippen LogP contribution in [0.4, 0.5) is 0 Å². The van der Waals surface area contributed by atoms with Gasteiger partial charge in [0.1, 0.15) is 11.9 Å². The highest BCUT2D eigenvalue weighted by Gasteiger charge is 2.18. The molecule has 8 nitrogen and oxygen atoms in total. The van der Waals surface area contributed by atoms with Gasteiger partial charge in [0, 0.05) is 6.08 Å². The molecule has 3 rings (SSSR count). The van der Waals surface area contributed by atoms with Crippen LogP contribution in [0.25, 0.3) is 5.76 Å². The molecule has 0 amide bonds. The van der Waals surface area contributed by atoms with Crippen molar-refractivity contribution in [1.82, 2.24) is 15.2 Å². The van der Waals surface area contributed by atoms with E-state index in [1.165, 1.54) is 25.8 Å². The van der Waals surface area contributed by atoms with Crippen molar-refractivity contribution in [3.63, 3.8) is 0 Å². The van der Waals surface area contributed by atoms with Gasteiger partial charge in [-0.05, 0) is 18.2 Å². The molecule has 122 valence electrons. The van der Waals surface area contributed by atoms with E-state index in [0.717, 1.165) is 6.08 Å². The largest absolute Gasteiger partial charge is 0.504 e. The topological polar surface area (TPSA) is 110 Å². The number of methoxy groups -OCH3 is 1. The highest BCUT2D eigenvalue weighted by Crippen LogP contribution is 2.33. The Balaban J connectivity index is 1.85. The van der Waals surface area contributed by atoms with Crippen molar-refractivity contribution >= 4 is 11.5 Å². The van der Waals surface area contributed by atoms with Crippen LogP contribution in [0.2, 0.25) is 0 Å². The number of aromatic nitrogens is 3. The number of aromatic amines is 1. The zero-order valence-electron chi connectivity index (χ0n) is 12.6. The number of hydrogen-bond donors (Lipinski definition) is 2. The number of ether oxygens (including phenoxy) is 2. The zero-order valence-corrected chi connectivity index (χ0v) is 12.6. The first-order valence-electron chi connectivity index (χ1n) is 6.88. The molecule has 0 fully saturated rings. The second-order valence-electron chi connectivity index (χ2n) is 4.59. The third-order valence-electron chi connectivity index (χ3n) is 3.08. The van der Waals surface area contributed by atoms with Crippen LogP contribution in [-0.2, 0) is 0 Å². The van der Waals surface area contributed by atoms with Gasteiger partial charge in [-0.3, -0.25) is 9.89 Å². The number of allylic oxidation sites excluding steroid dienone is 1. The van der Waals surface area contributed by atoms with Crippen LogP contribution in [-0.4, -0.2) is 33.2 Å². The van der Waals surface area contributed by atoms with Crippen LogP contribution in [0, 0.1) is 0 Å². The molecule has 0 aliphatic rings. The molecule has 3 aromatic rings. The van der Waals surface area contributed by atoms with Gasteiger partial charge in [0.15, 0.2) is 23.0 Å². The van der Waals surface area contributed by atoms with Crippen molar-refractivity contribution in [2.45, 2.75) is 0 Å². The quantitative estimate of drug-likeness (QED) is 0.407. The maximum Gasteiger partial charge on any atom is 0.301 e. The molecule has 24 heavy (non-hydrogen) atoms. The highest BCUT2D eigenvalue weighted by molar-refractivity contribution is 6.08. The molecular formula is C16H13N3O5. The van der Waals surface area contributed by atoms with E-state index in [1.807, 2.05) is 0 Å². The number of carbonyl (C=O) groups is 1. The fourth-order valence-corrected chi connectivity index (χ4v) is 1.96. The Hall–Kier alpha value is -3.55. The van der Waals surface area contributed by atoms with Crippen molar-refractivity contribution < 1.29 is 23.8 Å². The number of carbonyl (C=O) groups excluding carboxylic acids is 1. The maximum atomic E-state index is 12.3. The minimum absolute atomic E-state index is 0.0106. The number of nitrogens with one attached hydrogen (secondary N) is 1. The van der Waals surface area contributed by atoms with Crippen LogP contribution >= 0.6 is 0 Å². The maximum absolute atomic E-state index is 12.3. The lowest BCUT2D eigenvalue weighted by Crippen LogP contribution is -1.99. The van der Waals surface area contributed by atoms with E-state index >= 15 is 0 Å². The summed E-state index contributed by atoms with van der Waals surface area (Å²) < 4.78 is 16.0. The molecule has 0 spiro atoms. The van der Waals surface area contributed by atoms with Gasteiger partial charge in [-0.2, -0.15) is 5.10 Å². The highest BCUT2D eigenvalue weighted by atomic mass is 16.6. The number of nitrogens with zero attached hydrogens (tertiary/aromatic N) is 2. The standard InChI is InChI=1S/C16H13N3O5/c1-22-13-4-2-3-5-14(13)24-16-10(6-7-23-16)11(20)8-12(21)15-17-9-18-19-15/h2-9,21H,1H3,(H,17,18,19). The number of benzene rings is 1. The number of rotatable bonds is 6. The van der Waals surface area contributed by atoms with Crippen molar-refractivity contribution in [1.29, 1.82) is 0 Å². The molecule has 2 aromatic heterocycles. The third kappa shape index (κ3) is 3.12. The molecule has 0 aliphatic carbocycles. The Bertz CT molecular complexity index is 867. The van der Waals surface area contributed by atoms with Gasteiger partial charge in [0.05, 0.1) is 13.4 Å². The van der Waals surface area contributed by atoms with E-state index < -0.39 is 5.78 Å². The van der Waals surface area contributed by atoms with E-state index in [1.54, 1.807) is 24.3 Å². The van der Waals surface area contributed by atoms with Crippen LogP contribution < -0.4 is 9.47 Å².